The molecule has 1 saturated heterocycles. The van der Waals surface area contributed by atoms with Gasteiger partial charge < -0.3 is 10.4 Å². The molecule has 10 nitrogen and oxygen atoms in total. The number of nitro benzene ring substituents is 2. The highest BCUT2D eigenvalue weighted by Gasteiger charge is 2.37. The molecule has 21 heavy (non-hydrogen) atoms. The quantitative estimate of drug-likeness (QED) is 0.584. The molecule has 0 bridgehead atoms. The molecule has 0 aromatic heterocycles. The minimum Gasteiger partial charge on any atom is -0.390 e. The molecule has 1 heterocycles. The van der Waals surface area contributed by atoms with E-state index >= 15 is 0 Å². The van der Waals surface area contributed by atoms with Crippen LogP contribution in [0, 0.1) is 20.2 Å². The summed E-state index contributed by atoms with van der Waals surface area (Å²) >= 11 is 0. The maximum absolute atomic E-state index is 11.4. The van der Waals surface area contributed by atoms with Crippen LogP contribution in [-0.2, 0) is 9.84 Å². The number of nitro groups is 2. The van der Waals surface area contributed by atoms with Gasteiger partial charge in [-0.15, -0.1) is 0 Å². The summed E-state index contributed by atoms with van der Waals surface area (Å²) in [4.78, 5) is 20.0. The molecule has 1 aromatic carbocycles. The third kappa shape index (κ3) is 3.25. The van der Waals surface area contributed by atoms with Gasteiger partial charge in [0.05, 0.1) is 39.6 Å². The van der Waals surface area contributed by atoms with Crippen molar-refractivity contribution in [2.75, 3.05) is 16.8 Å². The van der Waals surface area contributed by atoms with E-state index in [0.717, 1.165) is 18.2 Å². The Bertz CT molecular complexity index is 703. The van der Waals surface area contributed by atoms with Gasteiger partial charge in [-0.2, -0.15) is 0 Å². The number of nitrogens with zero attached hydrogens (tertiary/aromatic N) is 2. The molecule has 0 aliphatic carbocycles. The second-order valence-corrected chi connectivity index (χ2v) is 6.76. The number of aliphatic hydroxyl groups excluding tert-OH is 1. The second-order valence-electron chi connectivity index (χ2n) is 4.61. The number of rotatable bonds is 4. The lowest BCUT2D eigenvalue weighted by Gasteiger charge is -2.16. The van der Waals surface area contributed by atoms with Crippen LogP contribution in [0.15, 0.2) is 18.2 Å². The molecule has 0 radical (unpaired) electrons. The molecular weight excluding hydrogens is 306 g/mol. The average Bonchev–Trinajstić information content (AvgIpc) is 2.62. The summed E-state index contributed by atoms with van der Waals surface area (Å²) in [6.45, 7) is 0. The predicted octanol–water partition coefficient (Wildman–Crippen LogP) is 0.0728. The number of hydrogen-bond acceptors (Lipinski definition) is 8. The van der Waals surface area contributed by atoms with Gasteiger partial charge in [0.25, 0.3) is 11.4 Å². The van der Waals surface area contributed by atoms with E-state index in [-0.39, 0.29) is 11.4 Å². The summed E-state index contributed by atoms with van der Waals surface area (Å²) in [6.07, 6.45) is -1.19. The van der Waals surface area contributed by atoms with E-state index in [9.17, 15) is 33.8 Å². The van der Waals surface area contributed by atoms with Gasteiger partial charge in [0.2, 0.25) is 0 Å². The van der Waals surface area contributed by atoms with Gasteiger partial charge in [-0.1, -0.05) is 0 Å². The zero-order chi connectivity index (χ0) is 15.8. The van der Waals surface area contributed by atoms with E-state index in [1.807, 2.05) is 0 Å². The first kappa shape index (κ1) is 15.1. The molecule has 1 aliphatic rings. The molecule has 0 amide bonds. The van der Waals surface area contributed by atoms with Crippen LogP contribution >= 0.6 is 0 Å². The number of non-ortho nitro benzene ring substituents is 1. The molecule has 0 unspecified atom stereocenters. The predicted molar refractivity (Wildman–Crippen MR) is 71.8 cm³/mol. The molecule has 1 aromatic rings. The van der Waals surface area contributed by atoms with E-state index < -0.39 is 49.0 Å². The van der Waals surface area contributed by atoms with E-state index in [2.05, 4.69) is 5.32 Å². The van der Waals surface area contributed by atoms with Crippen molar-refractivity contribution in [3.05, 3.63) is 38.4 Å². The summed E-state index contributed by atoms with van der Waals surface area (Å²) in [7, 11) is -3.41. The molecule has 1 aliphatic heterocycles. The first-order valence-electron chi connectivity index (χ1n) is 5.77. The summed E-state index contributed by atoms with van der Waals surface area (Å²) in [6, 6.07) is 2.06. The standard InChI is InChI=1S/C10H11N3O7S/c14-10-5-21(19,20)4-8(10)11-7-2-1-6(12(15)16)3-9(7)13(17)18/h1-3,8,10-11,14H,4-5H2/t8-,10+/m0/s1. The van der Waals surface area contributed by atoms with Gasteiger partial charge in [-0.05, 0) is 6.07 Å². The van der Waals surface area contributed by atoms with Crippen molar-refractivity contribution < 1.29 is 23.4 Å². The lowest BCUT2D eigenvalue weighted by molar-refractivity contribution is -0.393. The van der Waals surface area contributed by atoms with E-state index in [1.165, 1.54) is 0 Å². The van der Waals surface area contributed by atoms with Crippen molar-refractivity contribution in [1.29, 1.82) is 0 Å². The van der Waals surface area contributed by atoms with Crippen molar-refractivity contribution in [3.8, 4) is 0 Å². The molecule has 2 N–H and O–H groups in total. The zero-order valence-corrected chi connectivity index (χ0v) is 11.3. The van der Waals surface area contributed by atoms with Gasteiger partial charge in [0.15, 0.2) is 9.84 Å². The van der Waals surface area contributed by atoms with Crippen LogP contribution in [0.1, 0.15) is 0 Å². The monoisotopic (exact) mass is 317 g/mol. The van der Waals surface area contributed by atoms with Crippen molar-refractivity contribution >= 4 is 26.9 Å². The fourth-order valence-corrected chi connectivity index (χ4v) is 3.81. The SMILES string of the molecule is O=[N+]([O-])c1ccc(N[C@H]2CS(=O)(=O)C[C@H]2O)c([N+](=O)[O-])c1. The number of sulfone groups is 1. The van der Waals surface area contributed by atoms with Crippen molar-refractivity contribution in [3.63, 3.8) is 0 Å². The first-order valence-corrected chi connectivity index (χ1v) is 7.59. The van der Waals surface area contributed by atoms with Crippen LogP contribution in [-0.4, -0.2) is 47.0 Å². The molecular formula is C10H11N3O7S. The third-order valence-corrected chi connectivity index (χ3v) is 4.77. The minimum absolute atomic E-state index is 0.0771. The molecule has 0 spiro atoms. The molecule has 11 heteroatoms. The van der Waals surface area contributed by atoms with E-state index in [0.29, 0.717) is 0 Å². The lowest BCUT2D eigenvalue weighted by atomic mass is 10.2. The van der Waals surface area contributed by atoms with Gasteiger partial charge in [-0.3, -0.25) is 20.2 Å². The fraction of sp³-hybridized carbons (Fsp3) is 0.400. The largest absolute Gasteiger partial charge is 0.390 e. The second kappa shape index (κ2) is 5.26. The summed E-state index contributed by atoms with van der Waals surface area (Å²) in [5, 5.41) is 33.8. The summed E-state index contributed by atoms with van der Waals surface area (Å²) < 4.78 is 22.8. The van der Waals surface area contributed by atoms with Gasteiger partial charge in [0, 0.05) is 6.07 Å². The number of benzene rings is 1. The van der Waals surface area contributed by atoms with Gasteiger partial charge in [-0.25, -0.2) is 8.42 Å². The summed E-state index contributed by atoms with van der Waals surface area (Å²) in [5.41, 5.74) is -1.08. The maximum Gasteiger partial charge on any atom is 0.299 e. The molecule has 114 valence electrons. The van der Waals surface area contributed by atoms with Crippen molar-refractivity contribution in [1.82, 2.24) is 0 Å². The number of aliphatic hydroxyl groups is 1. The number of anilines is 1. The minimum atomic E-state index is -3.41. The Kier molecular flexibility index (Phi) is 3.78. The summed E-state index contributed by atoms with van der Waals surface area (Å²) in [5.74, 6) is -0.784. The normalized spacial score (nSPS) is 23.7. The van der Waals surface area contributed by atoms with Gasteiger partial charge in [0.1, 0.15) is 5.69 Å². The Balaban J connectivity index is 2.32. The Hall–Kier alpha value is -2.27. The lowest BCUT2D eigenvalue weighted by Crippen LogP contribution is -2.32. The molecule has 0 saturated carbocycles. The zero-order valence-electron chi connectivity index (χ0n) is 10.5. The van der Waals surface area contributed by atoms with E-state index in [1.54, 1.807) is 0 Å². The average molecular weight is 317 g/mol. The Morgan fingerprint density at radius 1 is 1.19 bits per heavy atom. The van der Waals surface area contributed by atoms with Gasteiger partial charge >= 0.3 is 0 Å². The molecule has 1 fully saturated rings. The Morgan fingerprint density at radius 3 is 2.33 bits per heavy atom. The Morgan fingerprint density at radius 2 is 1.86 bits per heavy atom. The smallest absolute Gasteiger partial charge is 0.299 e. The number of nitrogens with one attached hydrogen (secondary N) is 1. The van der Waals surface area contributed by atoms with Crippen LogP contribution in [0.5, 0.6) is 0 Å². The highest BCUT2D eigenvalue weighted by Crippen LogP contribution is 2.30. The first-order chi connectivity index (χ1) is 9.69. The van der Waals surface area contributed by atoms with Crippen LogP contribution in [0.2, 0.25) is 0 Å². The van der Waals surface area contributed by atoms with Crippen molar-refractivity contribution in [2.45, 2.75) is 12.1 Å². The van der Waals surface area contributed by atoms with Crippen LogP contribution in [0.25, 0.3) is 0 Å². The van der Waals surface area contributed by atoms with Crippen LogP contribution in [0.3, 0.4) is 0 Å². The third-order valence-electron chi connectivity index (χ3n) is 3.05. The highest BCUT2D eigenvalue weighted by molar-refractivity contribution is 7.91. The Labute approximate surface area is 118 Å². The van der Waals surface area contributed by atoms with Crippen LogP contribution in [0.4, 0.5) is 17.1 Å². The molecule has 2 atom stereocenters. The van der Waals surface area contributed by atoms with E-state index in [4.69, 9.17) is 0 Å². The fourth-order valence-electron chi connectivity index (χ4n) is 2.07. The number of hydrogen-bond donors (Lipinski definition) is 2. The van der Waals surface area contributed by atoms with Crippen molar-refractivity contribution in [2.24, 2.45) is 0 Å². The maximum atomic E-state index is 11.4. The highest BCUT2D eigenvalue weighted by atomic mass is 32.2. The van der Waals surface area contributed by atoms with Crippen LogP contribution < -0.4 is 5.32 Å². The molecule has 2 rings (SSSR count). The topological polar surface area (TPSA) is 153 Å².